The SMILES string of the molecule is CN1CCC(NC(=O)CSCC(=O)c2ccccc2)C1=O. The molecule has 1 aliphatic rings. The molecule has 21 heavy (non-hydrogen) atoms. The van der Waals surface area contributed by atoms with Crippen molar-refractivity contribution in [1.29, 1.82) is 0 Å². The summed E-state index contributed by atoms with van der Waals surface area (Å²) in [7, 11) is 1.72. The Bertz CT molecular complexity index is 533. The molecule has 1 saturated heterocycles. The first-order valence-corrected chi connectivity index (χ1v) is 7.93. The molecule has 1 aromatic rings. The fourth-order valence-corrected chi connectivity index (χ4v) is 2.86. The molecule has 0 radical (unpaired) electrons. The zero-order valence-electron chi connectivity index (χ0n) is 11.9. The molecule has 1 heterocycles. The van der Waals surface area contributed by atoms with E-state index in [1.807, 2.05) is 18.2 Å². The molecule has 1 aromatic carbocycles. The number of ketones is 1. The first-order chi connectivity index (χ1) is 10.1. The van der Waals surface area contributed by atoms with Crippen molar-refractivity contribution >= 4 is 29.4 Å². The first kappa shape index (κ1) is 15.6. The molecule has 2 rings (SSSR count). The van der Waals surface area contributed by atoms with Gasteiger partial charge in [-0.2, -0.15) is 0 Å². The molecular formula is C15H18N2O3S. The molecule has 5 nitrogen and oxygen atoms in total. The highest BCUT2D eigenvalue weighted by Gasteiger charge is 2.29. The molecular weight excluding hydrogens is 288 g/mol. The Labute approximate surface area is 128 Å². The predicted molar refractivity (Wildman–Crippen MR) is 82.3 cm³/mol. The normalized spacial score (nSPS) is 17.9. The van der Waals surface area contributed by atoms with Gasteiger partial charge in [0, 0.05) is 19.2 Å². The number of likely N-dealkylation sites (tertiary alicyclic amines) is 1. The highest BCUT2D eigenvalue weighted by atomic mass is 32.2. The van der Waals surface area contributed by atoms with Crippen LogP contribution in [0, 0.1) is 0 Å². The van der Waals surface area contributed by atoms with Crippen LogP contribution >= 0.6 is 11.8 Å². The quantitative estimate of drug-likeness (QED) is 0.795. The van der Waals surface area contributed by atoms with Crippen molar-refractivity contribution in [2.45, 2.75) is 12.5 Å². The van der Waals surface area contributed by atoms with Gasteiger partial charge in [0.15, 0.2) is 5.78 Å². The van der Waals surface area contributed by atoms with Gasteiger partial charge in [0.05, 0.1) is 11.5 Å². The molecule has 1 aliphatic heterocycles. The van der Waals surface area contributed by atoms with Gasteiger partial charge in [0.2, 0.25) is 11.8 Å². The standard InChI is InChI=1S/C15H18N2O3S/c1-17-8-7-12(15(17)20)16-14(19)10-21-9-13(18)11-5-3-2-4-6-11/h2-6,12H,7-10H2,1H3,(H,16,19). The van der Waals surface area contributed by atoms with E-state index in [1.165, 1.54) is 11.8 Å². The van der Waals surface area contributed by atoms with E-state index < -0.39 is 6.04 Å². The van der Waals surface area contributed by atoms with E-state index in [0.29, 0.717) is 18.5 Å². The van der Waals surface area contributed by atoms with Gasteiger partial charge in [-0.25, -0.2) is 0 Å². The number of amides is 2. The number of Topliss-reactive ketones (excluding diaryl/α,β-unsaturated/α-hetero) is 1. The average molecular weight is 306 g/mol. The fraction of sp³-hybridized carbons (Fsp3) is 0.400. The number of nitrogens with one attached hydrogen (secondary N) is 1. The third kappa shape index (κ3) is 4.32. The van der Waals surface area contributed by atoms with Crippen LogP contribution in [-0.2, 0) is 9.59 Å². The lowest BCUT2D eigenvalue weighted by Crippen LogP contribution is -2.41. The number of thioether (sulfide) groups is 1. The fourth-order valence-electron chi connectivity index (χ4n) is 2.14. The lowest BCUT2D eigenvalue weighted by Gasteiger charge is -2.11. The van der Waals surface area contributed by atoms with Crippen LogP contribution in [0.15, 0.2) is 30.3 Å². The van der Waals surface area contributed by atoms with E-state index >= 15 is 0 Å². The largest absolute Gasteiger partial charge is 0.344 e. The number of rotatable bonds is 6. The summed E-state index contributed by atoms with van der Waals surface area (Å²) in [5, 5.41) is 2.71. The van der Waals surface area contributed by atoms with Crippen molar-refractivity contribution in [2.75, 3.05) is 25.1 Å². The summed E-state index contributed by atoms with van der Waals surface area (Å²) >= 11 is 1.26. The average Bonchev–Trinajstić information content (AvgIpc) is 2.80. The van der Waals surface area contributed by atoms with Crippen molar-refractivity contribution in [1.82, 2.24) is 10.2 Å². The second-order valence-electron chi connectivity index (χ2n) is 4.95. The molecule has 0 aromatic heterocycles. The molecule has 6 heteroatoms. The monoisotopic (exact) mass is 306 g/mol. The van der Waals surface area contributed by atoms with Crippen LogP contribution in [-0.4, -0.2) is 53.6 Å². The van der Waals surface area contributed by atoms with Gasteiger partial charge in [-0.15, -0.1) is 11.8 Å². The Morgan fingerprint density at radius 1 is 1.29 bits per heavy atom. The second-order valence-corrected chi connectivity index (χ2v) is 5.94. The molecule has 1 N–H and O–H groups in total. The topological polar surface area (TPSA) is 66.5 Å². The van der Waals surface area contributed by atoms with Gasteiger partial charge >= 0.3 is 0 Å². The highest BCUT2D eigenvalue weighted by molar-refractivity contribution is 8.00. The maximum Gasteiger partial charge on any atom is 0.244 e. The predicted octanol–water partition coefficient (Wildman–Crippen LogP) is 0.949. The van der Waals surface area contributed by atoms with Crippen LogP contribution in [0.2, 0.25) is 0 Å². The van der Waals surface area contributed by atoms with E-state index in [2.05, 4.69) is 5.32 Å². The zero-order valence-corrected chi connectivity index (χ0v) is 12.7. The first-order valence-electron chi connectivity index (χ1n) is 6.78. The number of nitrogens with zero attached hydrogens (tertiary/aromatic N) is 1. The molecule has 0 saturated carbocycles. The Balaban J connectivity index is 1.70. The van der Waals surface area contributed by atoms with E-state index in [0.717, 1.165) is 0 Å². The lowest BCUT2D eigenvalue weighted by molar-refractivity contribution is -0.131. The van der Waals surface area contributed by atoms with E-state index in [1.54, 1.807) is 24.1 Å². The summed E-state index contributed by atoms with van der Waals surface area (Å²) < 4.78 is 0. The van der Waals surface area contributed by atoms with Crippen molar-refractivity contribution in [3.63, 3.8) is 0 Å². The van der Waals surface area contributed by atoms with Crippen molar-refractivity contribution in [2.24, 2.45) is 0 Å². The minimum Gasteiger partial charge on any atom is -0.344 e. The Morgan fingerprint density at radius 2 is 2.00 bits per heavy atom. The number of likely N-dealkylation sites (N-methyl/N-ethyl adjacent to an activating group) is 1. The minimum absolute atomic E-state index is 0.00470. The Morgan fingerprint density at radius 3 is 2.62 bits per heavy atom. The Hall–Kier alpha value is -1.82. The molecule has 0 bridgehead atoms. The van der Waals surface area contributed by atoms with Crippen LogP contribution < -0.4 is 5.32 Å². The summed E-state index contributed by atoms with van der Waals surface area (Å²) in [6.07, 6.45) is 0.648. The van der Waals surface area contributed by atoms with E-state index in [9.17, 15) is 14.4 Å². The maximum absolute atomic E-state index is 11.9. The number of benzene rings is 1. The van der Waals surface area contributed by atoms with Crippen LogP contribution in [0.3, 0.4) is 0 Å². The molecule has 1 fully saturated rings. The molecule has 1 unspecified atom stereocenters. The summed E-state index contributed by atoms with van der Waals surface area (Å²) in [4.78, 5) is 36.9. The van der Waals surface area contributed by atoms with E-state index in [4.69, 9.17) is 0 Å². The smallest absolute Gasteiger partial charge is 0.244 e. The van der Waals surface area contributed by atoms with Crippen molar-refractivity contribution in [3.05, 3.63) is 35.9 Å². The van der Waals surface area contributed by atoms with Gasteiger partial charge in [-0.3, -0.25) is 14.4 Å². The molecule has 112 valence electrons. The molecule has 0 aliphatic carbocycles. The summed E-state index contributed by atoms with van der Waals surface area (Å²) in [5.74, 6) is 0.204. The van der Waals surface area contributed by atoms with Crippen molar-refractivity contribution in [3.8, 4) is 0 Å². The van der Waals surface area contributed by atoms with Crippen molar-refractivity contribution < 1.29 is 14.4 Å². The number of carbonyl (C=O) groups excluding carboxylic acids is 3. The van der Waals surface area contributed by atoms with Gasteiger partial charge in [-0.05, 0) is 6.42 Å². The Kier molecular flexibility index (Phi) is 5.38. The lowest BCUT2D eigenvalue weighted by atomic mass is 10.2. The van der Waals surface area contributed by atoms with Gasteiger partial charge in [0.1, 0.15) is 6.04 Å². The number of carbonyl (C=O) groups is 3. The maximum atomic E-state index is 11.9. The number of hydrogen-bond donors (Lipinski definition) is 1. The second kappa shape index (κ2) is 7.26. The molecule has 2 amide bonds. The minimum atomic E-state index is -0.409. The van der Waals surface area contributed by atoms with Gasteiger partial charge < -0.3 is 10.2 Å². The summed E-state index contributed by atoms with van der Waals surface area (Å²) in [5.41, 5.74) is 0.651. The third-order valence-corrected chi connectivity index (χ3v) is 4.26. The van der Waals surface area contributed by atoms with E-state index in [-0.39, 0.29) is 29.1 Å². The van der Waals surface area contributed by atoms with Gasteiger partial charge in [0.25, 0.3) is 0 Å². The zero-order chi connectivity index (χ0) is 15.2. The van der Waals surface area contributed by atoms with Crippen LogP contribution in [0.4, 0.5) is 0 Å². The number of hydrogen-bond acceptors (Lipinski definition) is 4. The highest BCUT2D eigenvalue weighted by Crippen LogP contribution is 2.10. The van der Waals surface area contributed by atoms with Crippen LogP contribution in [0.25, 0.3) is 0 Å². The van der Waals surface area contributed by atoms with Crippen LogP contribution in [0.1, 0.15) is 16.8 Å². The molecule has 1 atom stereocenters. The third-order valence-electron chi connectivity index (χ3n) is 3.32. The van der Waals surface area contributed by atoms with Gasteiger partial charge in [-0.1, -0.05) is 30.3 Å². The summed E-state index contributed by atoms with van der Waals surface area (Å²) in [6.45, 7) is 0.670. The van der Waals surface area contributed by atoms with Crippen LogP contribution in [0.5, 0.6) is 0 Å². The summed E-state index contributed by atoms with van der Waals surface area (Å²) in [6, 6.07) is 8.59. The molecule has 0 spiro atoms.